The van der Waals surface area contributed by atoms with E-state index < -0.39 is 58.4 Å². The smallest absolute Gasteiger partial charge is 0.352 e. The molecule has 0 saturated carbocycles. The van der Waals surface area contributed by atoms with Crippen molar-refractivity contribution in [1.29, 1.82) is 0 Å². The topological polar surface area (TPSA) is 289 Å². The second-order valence-corrected chi connectivity index (χ2v) is 14.0. The average molecular weight is 767 g/mol. The van der Waals surface area contributed by atoms with Crippen molar-refractivity contribution in [2.75, 3.05) is 36.8 Å². The molecule has 20 nitrogen and oxygen atoms in total. The van der Waals surface area contributed by atoms with Crippen LogP contribution in [0, 0.1) is 0 Å². The Morgan fingerprint density at radius 2 is 1.64 bits per heavy atom. The summed E-state index contributed by atoms with van der Waals surface area (Å²) in [7, 11) is 2.39. The summed E-state index contributed by atoms with van der Waals surface area (Å²) in [6, 6.07) is -2.47. The van der Waals surface area contributed by atoms with Gasteiger partial charge in [0, 0.05) is 22.3 Å². The first-order valence-electron chi connectivity index (χ1n) is 13.9. The fourth-order valence-electron chi connectivity index (χ4n) is 4.66. The van der Waals surface area contributed by atoms with Crippen LogP contribution >= 0.6 is 46.2 Å². The van der Waals surface area contributed by atoms with Crippen LogP contribution in [0.5, 0.6) is 0 Å². The number of hydrogen-bond donors (Lipinski definition) is 7. The van der Waals surface area contributed by atoms with Gasteiger partial charge in [0.05, 0.1) is 0 Å². The molecule has 0 bridgehead atoms. The number of nitrogens with one attached hydrogen (secondary N) is 4. The number of aliphatic carboxylic acids is 2. The lowest BCUT2D eigenvalue weighted by Gasteiger charge is -2.48. The number of carbonyl (C=O) groups excluding carboxylic acids is 4. The van der Waals surface area contributed by atoms with Gasteiger partial charge in [-0.25, -0.2) is 19.6 Å². The van der Waals surface area contributed by atoms with Gasteiger partial charge in [-0.1, -0.05) is 10.3 Å². The molecule has 50 heavy (non-hydrogen) atoms. The van der Waals surface area contributed by atoms with Crippen LogP contribution in [0.4, 0.5) is 10.3 Å². The van der Waals surface area contributed by atoms with Crippen LogP contribution in [-0.2, 0) is 38.4 Å². The number of rotatable bonds is 13. The molecule has 0 aliphatic carbocycles. The van der Waals surface area contributed by atoms with Crippen molar-refractivity contribution >= 4 is 103 Å². The van der Waals surface area contributed by atoms with E-state index in [4.69, 9.17) is 15.4 Å². The molecule has 1 fully saturated rings. The van der Waals surface area contributed by atoms with E-state index in [2.05, 4.69) is 41.5 Å². The maximum atomic E-state index is 13.7. The molecule has 24 heteroatoms. The first-order valence-corrected chi connectivity index (χ1v) is 17.8. The number of thiazole rings is 2. The number of thioether (sulfide) groups is 2. The van der Waals surface area contributed by atoms with Crippen molar-refractivity contribution in [3.63, 3.8) is 0 Å². The number of nitrogens with zero attached hydrogens (tertiary/aromatic N) is 5. The average Bonchev–Trinajstić information content (AvgIpc) is 3.75. The third kappa shape index (κ3) is 7.66. The van der Waals surface area contributed by atoms with Gasteiger partial charge in [0.15, 0.2) is 21.7 Å². The Labute approximate surface area is 297 Å². The fraction of sp³-hybridized carbons (Fsp3) is 0.308. The molecule has 4 amide bonds. The molecule has 8 N–H and O–H groups in total. The van der Waals surface area contributed by atoms with E-state index in [9.17, 15) is 39.0 Å². The van der Waals surface area contributed by atoms with Gasteiger partial charge in [-0.05, 0) is 12.2 Å². The van der Waals surface area contributed by atoms with E-state index in [1.807, 2.05) is 0 Å². The molecule has 0 aromatic carbocycles. The quantitative estimate of drug-likeness (QED) is 0.0731. The van der Waals surface area contributed by atoms with Gasteiger partial charge in [-0.15, -0.1) is 46.2 Å². The first kappa shape index (κ1) is 36.1. The summed E-state index contributed by atoms with van der Waals surface area (Å²) in [5.74, 6) is -5.20. The fourth-order valence-corrected chi connectivity index (χ4v) is 8.17. The Hall–Kier alpha value is -5.20. The number of carboxylic acids is 2. The molecule has 3 aliphatic rings. The third-order valence-electron chi connectivity index (χ3n) is 6.85. The third-order valence-corrected chi connectivity index (χ3v) is 10.6. The molecular weight excluding hydrogens is 741 g/mol. The molecule has 5 rings (SSSR count). The number of oxime groups is 2. The minimum atomic E-state index is -1.43. The number of fused-ring (bicyclic) bond motifs is 1. The predicted molar refractivity (Wildman–Crippen MR) is 182 cm³/mol. The Balaban J connectivity index is 1.33. The highest BCUT2D eigenvalue weighted by atomic mass is 32.2. The number of amides is 4. The number of hydrogen-bond acceptors (Lipinski definition) is 18. The molecule has 264 valence electrons. The van der Waals surface area contributed by atoms with E-state index in [-0.39, 0.29) is 50.2 Å². The van der Waals surface area contributed by atoms with Gasteiger partial charge in [0.1, 0.15) is 59.8 Å². The molecule has 0 radical (unpaired) electrons. The summed E-state index contributed by atoms with van der Waals surface area (Å²) >= 11 is 4.34. The van der Waals surface area contributed by atoms with Gasteiger partial charge >= 0.3 is 11.9 Å². The van der Waals surface area contributed by atoms with Crippen LogP contribution in [0.1, 0.15) is 11.4 Å². The lowest BCUT2D eigenvalue weighted by atomic mass is 10.0. The van der Waals surface area contributed by atoms with Gasteiger partial charge in [-0.2, -0.15) is 0 Å². The normalized spacial score (nSPS) is 20.9. The summed E-state index contributed by atoms with van der Waals surface area (Å²) in [4.78, 5) is 95.3. The van der Waals surface area contributed by atoms with E-state index in [1.165, 1.54) is 48.9 Å². The van der Waals surface area contributed by atoms with Gasteiger partial charge in [-0.3, -0.25) is 24.1 Å². The number of nitrogen functional groups attached to an aromatic ring is 1. The number of β-lactam (4-membered cyclic amide) rings is 1. The summed E-state index contributed by atoms with van der Waals surface area (Å²) in [5, 5.41) is 38.1. The van der Waals surface area contributed by atoms with Crippen LogP contribution in [0.25, 0.3) is 0 Å². The van der Waals surface area contributed by atoms with E-state index in [1.54, 1.807) is 0 Å². The number of carboxylic acid groups (broad SMARTS) is 2. The van der Waals surface area contributed by atoms with E-state index in [0.29, 0.717) is 5.75 Å². The van der Waals surface area contributed by atoms with E-state index >= 15 is 0 Å². The minimum absolute atomic E-state index is 0.0429. The van der Waals surface area contributed by atoms with Crippen LogP contribution in [-0.4, -0.2) is 121 Å². The summed E-state index contributed by atoms with van der Waals surface area (Å²) in [6.45, 7) is 0. The Morgan fingerprint density at radius 3 is 2.28 bits per heavy atom. The van der Waals surface area contributed by atoms with Crippen LogP contribution in [0.3, 0.4) is 0 Å². The monoisotopic (exact) mass is 766 g/mol. The predicted octanol–water partition coefficient (Wildman–Crippen LogP) is -0.994. The lowest BCUT2D eigenvalue weighted by Crippen LogP contribution is -2.70. The molecule has 5 heterocycles. The molecule has 4 atom stereocenters. The minimum Gasteiger partial charge on any atom is -0.477 e. The van der Waals surface area contributed by atoms with Crippen LogP contribution in [0.15, 0.2) is 44.6 Å². The number of anilines is 2. The first-order chi connectivity index (χ1) is 23.9. The zero-order valence-corrected chi connectivity index (χ0v) is 28.9. The summed E-state index contributed by atoms with van der Waals surface area (Å²) < 4.78 is 0. The van der Waals surface area contributed by atoms with Crippen molar-refractivity contribution in [2.24, 2.45) is 10.3 Å². The van der Waals surface area contributed by atoms with Crippen LogP contribution in [0.2, 0.25) is 0 Å². The summed E-state index contributed by atoms with van der Waals surface area (Å²) in [5.41, 5.74) is 4.73. The van der Waals surface area contributed by atoms with Crippen molar-refractivity contribution < 1.29 is 48.7 Å². The molecule has 2 aromatic heterocycles. The van der Waals surface area contributed by atoms with Crippen molar-refractivity contribution in [3.05, 3.63) is 45.7 Å². The Bertz CT molecular complexity index is 1860. The zero-order valence-electron chi connectivity index (χ0n) is 25.6. The van der Waals surface area contributed by atoms with Gasteiger partial charge < -0.3 is 46.9 Å². The van der Waals surface area contributed by atoms with Crippen molar-refractivity contribution in [1.82, 2.24) is 30.8 Å². The van der Waals surface area contributed by atoms with Crippen LogP contribution < -0.4 is 27.0 Å². The highest BCUT2D eigenvalue weighted by Gasteiger charge is 2.53. The molecule has 3 unspecified atom stereocenters. The second kappa shape index (κ2) is 15.6. The summed E-state index contributed by atoms with van der Waals surface area (Å²) in [6.07, 6.45) is 2.82. The number of nitrogens with two attached hydrogens (primary N) is 1. The van der Waals surface area contributed by atoms with E-state index in [0.717, 1.165) is 39.3 Å². The highest BCUT2D eigenvalue weighted by molar-refractivity contribution is 8.00. The Kier molecular flexibility index (Phi) is 11.2. The molecule has 0 spiro atoms. The maximum absolute atomic E-state index is 13.7. The van der Waals surface area contributed by atoms with Gasteiger partial charge in [0.2, 0.25) is 0 Å². The maximum Gasteiger partial charge on any atom is 0.352 e. The Morgan fingerprint density at radius 1 is 0.980 bits per heavy atom. The second-order valence-electron chi connectivity index (χ2n) is 9.89. The molecule has 3 aliphatic heterocycles. The number of carbonyl (C=O) groups is 6. The lowest BCUT2D eigenvalue weighted by molar-refractivity contribution is -0.150. The standard InChI is InChI=1S/C26H26N10O10S4/c1-45-34-13(10-7-49-25(27)29-10)17(37)31-15(20-28-9(23(41)42)3-5-47-20)19(39)33-26-30-11(8-50-26)14(35-46-2)18(38)32-16-21(40)36-12(24(43)44)4-6-48-22(16)36/h3-4,7-8,15-16,20,22,28H,5-6H2,1-2H3,(H2,27,29)(H,31,37)(H,32,38)(H,41,42)(H,43,44)(H,30,33,39)/b34-13-,35-14-/t15?,16-,20?,22?/m1/s1. The number of aromatic nitrogens is 2. The molecular formula is C26H26N10O10S4. The van der Waals surface area contributed by atoms with Gasteiger partial charge in [0.25, 0.3) is 23.6 Å². The van der Waals surface area contributed by atoms with Crippen molar-refractivity contribution in [2.45, 2.75) is 22.8 Å². The highest BCUT2D eigenvalue weighted by Crippen LogP contribution is 2.37. The zero-order chi connectivity index (χ0) is 36.1. The molecule has 1 saturated heterocycles. The largest absolute Gasteiger partial charge is 0.477 e. The SMILES string of the molecule is CO/N=C(\C(=O)NC(C(=O)Nc1nc(/C(=N/OC)C(=O)N[C@@H]2C(=O)N3C(C(=O)O)=CCSC23)cs1)C1NC(C(=O)O)=CCS1)c1csc(N)n1. The molecule has 2 aromatic rings. The van der Waals surface area contributed by atoms with Crippen molar-refractivity contribution in [3.8, 4) is 0 Å².